The van der Waals surface area contributed by atoms with Gasteiger partial charge in [0.1, 0.15) is 24.2 Å². The number of carbonyl (C=O) groups excluding carboxylic acids is 2. The summed E-state index contributed by atoms with van der Waals surface area (Å²) >= 11 is 0. The molecule has 198 valence electrons. The number of nitrogens with zero attached hydrogens (tertiary/aromatic N) is 4. The molecule has 2 aromatic carbocycles. The van der Waals surface area contributed by atoms with Crippen LogP contribution < -0.4 is 19.9 Å². The van der Waals surface area contributed by atoms with Crippen LogP contribution in [0.3, 0.4) is 0 Å². The molecule has 1 atom stereocenters. The fourth-order valence-corrected chi connectivity index (χ4v) is 5.56. The van der Waals surface area contributed by atoms with E-state index in [1.165, 1.54) is 0 Å². The first-order valence-electron chi connectivity index (χ1n) is 13.1. The largest absolute Gasteiger partial charge is 0.489 e. The van der Waals surface area contributed by atoms with Gasteiger partial charge in [-0.15, -0.1) is 5.10 Å². The third kappa shape index (κ3) is 4.83. The van der Waals surface area contributed by atoms with E-state index in [-0.39, 0.29) is 18.3 Å². The van der Waals surface area contributed by atoms with E-state index in [2.05, 4.69) is 25.4 Å². The topological polar surface area (TPSA) is 113 Å². The molecule has 10 heteroatoms. The van der Waals surface area contributed by atoms with Crippen LogP contribution >= 0.6 is 0 Å². The number of likely N-dealkylation sites (N-methyl/N-ethyl adjacent to an activating group) is 1. The summed E-state index contributed by atoms with van der Waals surface area (Å²) in [5.74, 6) is 0.398. The first-order valence-corrected chi connectivity index (χ1v) is 13.1. The molecule has 1 spiro atoms. The standard InChI is InChI=1S/C28H32N6O4/c1-33-22-16-20(34-12-9-28(10-13-34)11-14-37-18-28)7-8-23(22)38-17-21(27(33)36)29-26(35)25-30-24(31-32-25)15-19-5-3-2-4-6-19/h2-8,16,21H,9-15,17-18H2,1H3,(H,29,35)(H,30,31,32)/t21-/m1/s1. The van der Waals surface area contributed by atoms with Crippen LogP contribution in [0.4, 0.5) is 11.4 Å². The van der Waals surface area contributed by atoms with Crippen LogP contribution in [-0.2, 0) is 16.0 Å². The number of aromatic nitrogens is 3. The number of carbonyl (C=O) groups is 2. The van der Waals surface area contributed by atoms with Crippen molar-refractivity contribution in [2.24, 2.45) is 5.41 Å². The highest BCUT2D eigenvalue weighted by atomic mass is 16.5. The molecule has 0 radical (unpaired) electrons. The maximum atomic E-state index is 13.3. The van der Waals surface area contributed by atoms with Gasteiger partial charge < -0.3 is 24.6 Å². The molecule has 2 saturated heterocycles. The highest BCUT2D eigenvalue weighted by Crippen LogP contribution is 2.41. The fourth-order valence-electron chi connectivity index (χ4n) is 5.56. The van der Waals surface area contributed by atoms with Crippen LogP contribution in [0, 0.1) is 5.41 Å². The maximum absolute atomic E-state index is 13.3. The first kappa shape index (κ1) is 24.4. The Morgan fingerprint density at radius 2 is 1.97 bits per heavy atom. The summed E-state index contributed by atoms with van der Waals surface area (Å²) in [6.07, 6.45) is 3.89. The third-order valence-corrected chi connectivity index (χ3v) is 7.97. The molecular weight excluding hydrogens is 484 g/mol. The van der Waals surface area contributed by atoms with Crippen LogP contribution in [-0.4, -0.2) is 73.0 Å². The molecule has 3 aromatic rings. The summed E-state index contributed by atoms with van der Waals surface area (Å²) < 4.78 is 11.6. The van der Waals surface area contributed by atoms with E-state index in [0.717, 1.165) is 56.8 Å². The van der Waals surface area contributed by atoms with Crippen molar-refractivity contribution in [2.45, 2.75) is 31.7 Å². The van der Waals surface area contributed by atoms with E-state index in [0.29, 0.717) is 29.1 Å². The summed E-state index contributed by atoms with van der Waals surface area (Å²) in [6.45, 7) is 3.68. The van der Waals surface area contributed by atoms with Crippen LogP contribution in [0.15, 0.2) is 48.5 Å². The normalized spacial score (nSPS) is 20.7. The van der Waals surface area contributed by atoms with Gasteiger partial charge in [0.25, 0.3) is 11.8 Å². The lowest BCUT2D eigenvalue weighted by Gasteiger charge is -2.39. The number of fused-ring (bicyclic) bond motifs is 1. The number of nitrogens with one attached hydrogen (secondary N) is 2. The van der Waals surface area contributed by atoms with E-state index in [4.69, 9.17) is 9.47 Å². The Morgan fingerprint density at radius 1 is 1.16 bits per heavy atom. The molecule has 0 bridgehead atoms. The maximum Gasteiger partial charge on any atom is 0.291 e. The molecule has 3 aliphatic rings. The van der Waals surface area contributed by atoms with Crippen molar-refractivity contribution in [1.29, 1.82) is 0 Å². The molecule has 1 aromatic heterocycles. The first-order chi connectivity index (χ1) is 18.5. The molecule has 10 nitrogen and oxygen atoms in total. The minimum Gasteiger partial charge on any atom is -0.489 e. The number of H-pyrrole nitrogens is 1. The SMILES string of the molecule is CN1C(=O)[C@H](NC(=O)c2n[nH]c(Cc3ccccc3)n2)COc2ccc(N3CCC4(CCOC4)CC3)cc21. The van der Waals surface area contributed by atoms with Crippen molar-refractivity contribution in [3.63, 3.8) is 0 Å². The lowest BCUT2D eigenvalue weighted by molar-refractivity contribution is -0.120. The van der Waals surface area contributed by atoms with E-state index in [9.17, 15) is 9.59 Å². The smallest absolute Gasteiger partial charge is 0.291 e. The summed E-state index contributed by atoms with van der Waals surface area (Å²) in [7, 11) is 1.71. The van der Waals surface area contributed by atoms with Gasteiger partial charge >= 0.3 is 0 Å². The molecular formula is C28H32N6O4. The number of benzene rings is 2. The fraction of sp³-hybridized carbons (Fsp3) is 0.429. The zero-order chi connectivity index (χ0) is 26.1. The predicted octanol–water partition coefficient (Wildman–Crippen LogP) is 2.56. The number of anilines is 2. The van der Waals surface area contributed by atoms with Gasteiger partial charge in [0.2, 0.25) is 5.82 Å². The van der Waals surface area contributed by atoms with Gasteiger partial charge in [0.05, 0.1) is 12.3 Å². The Bertz CT molecular complexity index is 1310. The third-order valence-electron chi connectivity index (χ3n) is 7.97. The Hall–Kier alpha value is -3.92. The number of piperidine rings is 1. The molecule has 3 aliphatic heterocycles. The van der Waals surface area contributed by atoms with Crippen molar-refractivity contribution >= 4 is 23.2 Å². The van der Waals surface area contributed by atoms with Gasteiger partial charge in [-0.3, -0.25) is 14.7 Å². The quantitative estimate of drug-likeness (QED) is 0.536. The van der Waals surface area contributed by atoms with E-state index in [1.54, 1.807) is 11.9 Å². The number of rotatable bonds is 5. The highest BCUT2D eigenvalue weighted by molar-refractivity contribution is 6.02. The van der Waals surface area contributed by atoms with Crippen LogP contribution in [0.2, 0.25) is 0 Å². The van der Waals surface area contributed by atoms with Gasteiger partial charge in [0.15, 0.2) is 0 Å². The van der Waals surface area contributed by atoms with E-state index < -0.39 is 11.9 Å². The number of aromatic amines is 1. The Labute approximate surface area is 221 Å². The Kier molecular flexibility index (Phi) is 6.49. The van der Waals surface area contributed by atoms with Crippen molar-refractivity contribution in [2.75, 3.05) is 49.8 Å². The monoisotopic (exact) mass is 516 g/mol. The summed E-state index contributed by atoms with van der Waals surface area (Å²) in [6, 6.07) is 14.9. The minimum atomic E-state index is -0.864. The lowest BCUT2D eigenvalue weighted by Crippen LogP contribution is -2.49. The lowest BCUT2D eigenvalue weighted by atomic mass is 9.78. The van der Waals surface area contributed by atoms with E-state index in [1.807, 2.05) is 48.5 Å². The average molecular weight is 517 g/mol. The average Bonchev–Trinajstić information content (AvgIpc) is 3.59. The Morgan fingerprint density at radius 3 is 2.74 bits per heavy atom. The van der Waals surface area contributed by atoms with Gasteiger partial charge in [-0.25, -0.2) is 4.98 Å². The molecule has 2 fully saturated rings. The van der Waals surface area contributed by atoms with Gasteiger partial charge in [0, 0.05) is 38.9 Å². The number of amides is 2. The van der Waals surface area contributed by atoms with Crippen molar-refractivity contribution in [3.05, 3.63) is 65.7 Å². The van der Waals surface area contributed by atoms with Crippen LogP contribution in [0.25, 0.3) is 0 Å². The zero-order valence-electron chi connectivity index (χ0n) is 21.5. The molecule has 6 rings (SSSR count). The second-order valence-corrected chi connectivity index (χ2v) is 10.4. The summed E-state index contributed by atoms with van der Waals surface area (Å²) in [5.41, 5.74) is 3.14. The molecule has 0 aliphatic carbocycles. The van der Waals surface area contributed by atoms with Crippen LogP contribution in [0.5, 0.6) is 5.75 Å². The molecule has 2 N–H and O–H groups in total. The van der Waals surface area contributed by atoms with Crippen molar-refractivity contribution in [3.8, 4) is 5.75 Å². The molecule has 4 heterocycles. The number of hydrogen-bond donors (Lipinski definition) is 2. The number of ether oxygens (including phenoxy) is 2. The van der Waals surface area contributed by atoms with Crippen LogP contribution in [0.1, 0.15) is 41.3 Å². The minimum absolute atomic E-state index is 0.00837. The van der Waals surface area contributed by atoms with Gasteiger partial charge in [-0.1, -0.05) is 30.3 Å². The van der Waals surface area contributed by atoms with Crippen molar-refractivity contribution in [1.82, 2.24) is 20.5 Å². The van der Waals surface area contributed by atoms with Gasteiger partial charge in [-0.2, -0.15) is 0 Å². The van der Waals surface area contributed by atoms with Gasteiger partial charge in [-0.05, 0) is 48.4 Å². The Balaban J connectivity index is 1.11. The van der Waals surface area contributed by atoms with E-state index >= 15 is 0 Å². The highest BCUT2D eigenvalue weighted by Gasteiger charge is 2.38. The second kappa shape index (κ2) is 10.1. The molecule has 0 saturated carbocycles. The second-order valence-electron chi connectivity index (χ2n) is 10.4. The zero-order valence-corrected chi connectivity index (χ0v) is 21.5. The molecule has 2 amide bonds. The molecule has 0 unspecified atom stereocenters. The summed E-state index contributed by atoms with van der Waals surface area (Å²) in [4.78, 5) is 34.5. The molecule has 38 heavy (non-hydrogen) atoms. The summed E-state index contributed by atoms with van der Waals surface area (Å²) in [5, 5.41) is 9.61. The van der Waals surface area contributed by atoms with Crippen molar-refractivity contribution < 1.29 is 19.1 Å². The predicted molar refractivity (Wildman–Crippen MR) is 142 cm³/mol. The number of hydrogen-bond acceptors (Lipinski definition) is 7.